The highest BCUT2D eigenvalue weighted by molar-refractivity contribution is 8.02. The third kappa shape index (κ3) is 3.88. The summed E-state index contributed by atoms with van der Waals surface area (Å²) in [5.41, 5.74) is 1.16. The number of hydrogen-bond acceptors (Lipinski definition) is 5. The number of cyclic esters (lactones) is 2. The summed E-state index contributed by atoms with van der Waals surface area (Å²) in [5, 5.41) is 1.48. The molecule has 1 aliphatic rings. The van der Waals surface area contributed by atoms with E-state index in [-0.39, 0.29) is 5.57 Å². The summed E-state index contributed by atoms with van der Waals surface area (Å²) < 4.78 is 10.1. The van der Waals surface area contributed by atoms with Gasteiger partial charge in [0.2, 0.25) is 0 Å². The predicted octanol–water partition coefficient (Wildman–Crippen LogP) is 3.62. The van der Waals surface area contributed by atoms with Gasteiger partial charge in [0.1, 0.15) is 0 Å². The standard InChI is InChI=1S/C16H18O4S/c1-10(2)11-5-7-12(8-6-11)21-9-13-14(17)19-16(3,4)20-15(13)18/h5-10H,1-4H3. The van der Waals surface area contributed by atoms with Gasteiger partial charge in [0.15, 0.2) is 5.57 Å². The minimum atomic E-state index is -1.20. The number of thioether (sulfide) groups is 1. The third-order valence-electron chi connectivity index (χ3n) is 2.98. The van der Waals surface area contributed by atoms with E-state index in [1.807, 2.05) is 24.3 Å². The van der Waals surface area contributed by atoms with E-state index in [0.717, 1.165) is 4.90 Å². The molecule has 0 atom stereocenters. The van der Waals surface area contributed by atoms with Crippen LogP contribution in [0.15, 0.2) is 40.1 Å². The number of esters is 2. The van der Waals surface area contributed by atoms with Crippen molar-refractivity contribution < 1.29 is 19.1 Å². The van der Waals surface area contributed by atoms with Crippen LogP contribution < -0.4 is 0 Å². The first kappa shape index (κ1) is 15.6. The fraction of sp³-hybridized carbons (Fsp3) is 0.375. The van der Waals surface area contributed by atoms with Gasteiger partial charge in [-0.05, 0) is 29.0 Å². The highest BCUT2D eigenvalue weighted by atomic mass is 32.2. The molecule has 0 aromatic heterocycles. The minimum Gasteiger partial charge on any atom is -0.419 e. The maximum absolute atomic E-state index is 11.8. The Morgan fingerprint density at radius 3 is 2.05 bits per heavy atom. The van der Waals surface area contributed by atoms with Crippen LogP contribution in [-0.4, -0.2) is 17.7 Å². The van der Waals surface area contributed by atoms with Gasteiger partial charge in [0.25, 0.3) is 5.79 Å². The number of ether oxygens (including phenoxy) is 2. The van der Waals surface area contributed by atoms with Crippen molar-refractivity contribution in [2.24, 2.45) is 0 Å². The van der Waals surface area contributed by atoms with Crippen LogP contribution in [0, 0.1) is 0 Å². The van der Waals surface area contributed by atoms with Gasteiger partial charge in [-0.2, -0.15) is 0 Å². The van der Waals surface area contributed by atoms with E-state index in [1.165, 1.54) is 36.6 Å². The fourth-order valence-corrected chi connectivity index (χ4v) is 2.55. The number of carbonyl (C=O) groups excluding carboxylic acids is 2. The lowest BCUT2D eigenvalue weighted by Crippen LogP contribution is -2.41. The number of hydrogen-bond donors (Lipinski definition) is 0. The van der Waals surface area contributed by atoms with E-state index in [1.54, 1.807) is 0 Å². The zero-order valence-electron chi connectivity index (χ0n) is 12.5. The van der Waals surface area contributed by atoms with Crippen molar-refractivity contribution in [2.45, 2.75) is 44.3 Å². The second-order valence-electron chi connectivity index (χ2n) is 5.55. The van der Waals surface area contributed by atoms with Gasteiger partial charge in [0, 0.05) is 18.7 Å². The van der Waals surface area contributed by atoms with E-state index in [4.69, 9.17) is 9.47 Å². The van der Waals surface area contributed by atoms with Crippen molar-refractivity contribution >= 4 is 23.7 Å². The monoisotopic (exact) mass is 306 g/mol. The van der Waals surface area contributed by atoms with Gasteiger partial charge in [-0.25, -0.2) is 9.59 Å². The minimum absolute atomic E-state index is 0.0766. The summed E-state index contributed by atoms with van der Waals surface area (Å²) in [6.45, 7) is 7.30. The predicted molar refractivity (Wildman–Crippen MR) is 80.7 cm³/mol. The van der Waals surface area contributed by atoms with E-state index < -0.39 is 17.7 Å². The SMILES string of the molecule is CC(C)c1ccc(SC=C2C(=O)OC(C)(C)OC2=O)cc1. The molecule has 21 heavy (non-hydrogen) atoms. The van der Waals surface area contributed by atoms with Crippen LogP contribution in [0.5, 0.6) is 0 Å². The van der Waals surface area contributed by atoms with E-state index in [9.17, 15) is 9.59 Å². The van der Waals surface area contributed by atoms with Crippen molar-refractivity contribution in [2.75, 3.05) is 0 Å². The van der Waals surface area contributed by atoms with Gasteiger partial charge < -0.3 is 9.47 Å². The molecule has 1 fully saturated rings. The number of carbonyl (C=O) groups is 2. The Morgan fingerprint density at radius 2 is 1.57 bits per heavy atom. The maximum Gasteiger partial charge on any atom is 0.349 e. The summed E-state index contributed by atoms with van der Waals surface area (Å²) >= 11 is 1.29. The molecule has 1 aromatic carbocycles. The van der Waals surface area contributed by atoms with Crippen LogP contribution in [0.4, 0.5) is 0 Å². The normalized spacial score (nSPS) is 17.5. The molecule has 0 saturated carbocycles. The van der Waals surface area contributed by atoms with Crippen molar-refractivity contribution in [3.8, 4) is 0 Å². The molecule has 1 saturated heterocycles. The Bertz CT molecular complexity index is 563. The molecule has 0 spiro atoms. The molecule has 1 aromatic rings. The molecule has 1 aliphatic heterocycles. The molecule has 0 unspecified atom stereocenters. The smallest absolute Gasteiger partial charge is 0.349 e. The highest BCUT2D eigenvalue weighted by Crippen LogP contribution is 2.28. The zero-order chi connectivity index (χ0) is 15.6. The maximum atomic E-state index is 11.8. The molecule has 4 nitrogen and oxygen atoms in total. The summed E-state index contributed by atoms with van der Waals surface area (Å²) in [4.78, 5) is 24.5. The van der Waals surface area contributed by atoms with E-state index >= 15 is 0 Å². The number of rotatable bonds is 3. The number of benzene rings is 1. The van der Waals surface area contributed by atoms with Gasteiger partial charge in [-0.1, -0.05) is 37.7 Å². The average Bonchev–Trinajstić information content (AvgIpc) is 2.36. The quantitative estimate of drug-likeness (QED) is 0.369. The lowest BCUT2D eigenvalue weighted by atomic mass is 10.0. The van der Waals surface area contributed by atoms with Crippen LogP contribution in [0.2, 0.25) is 0 Å². The van der Waals surface area contributed by atoms with Crippen LogP contribution in [-0.2, 0) is 19.1 Å². The molecule has 0 radical (unpaired) electrons. The molecule has 0 N–H and O–H groups in total. The first-order chi connectivity index (χ1) is 9.78. The summed E-state index contributed by atoms with van der Waals surface area (Å²) in [6, 6.07) is 7.99. The average molecular weight is 306 g/mol. The Balaban J connectivity index is 2.10. The van der Waals surface area contributed by atoms with Crippen LogP contribution >= 0.6 is 11.8 Å². The van der Waals surface area contributed by atoms with Gasteiger partial charge >= 0.3 is 11.9 Å². The van der Waals surface area contributed by atoms with Crippen molar-refractivity contribution in [1.29, 1.82) is 0 Å². The molecule has 1 heterocycles. The summed E-state index contributed by atoms with van der Waals surface area (Å²) in [6.07, 6.45) is 0. The summed E-state index contributed by atoms with van der Waals surface area (Å²) in [5.74, 6) is -2.03. The first-order valence-electron chi connectivity index (χ1n) is 6.72. The van der Waals surface area contributed by atoms with Crippen LogP contribution in [0.25, 0.3) is 0 Å². The van der Waals surface area contributed by atoms with Crippen LogP contribution in [0.3, 0.4) is 0 Å². The Labute approximate surface area is 128 Å². The van der Waals surface area contributed by atoms with Gasteiger partial charge in [0.05, 0.1) is 0 Å². The second kappa shape index (κ2) is 5.93. The third-order valence-corrected chi connectivity index (χ3v) is 3.87. The van der Waals surface area contributed by atoms with Gasteiger partial charge in [-0.15, -0.1) is 0 Å². The van der Waals surface area contributed by atoms with Crippen molar-refractivity contribution in [3.63, 3.8) is 0 Å². The zero-order valence-corrected chi connectivity index (χ0v) is 13.3. The highest BCUT2D eigenvalue weighted by Gasteiger charge is 2.38. The van der Waals surface area contributed by atoms with E-state index in [0.29, 0.717) is 5.92 Å². The Kier molecular flexibility index (Phi) is 4.42. The lowest BCUT2D eigenvalue weighted by Gasteiger charge is -2.29. The van der Waals surface area contributed by atoms with Crippen molar-refractivity contribution in [1.82, 2.24) is 0 Å². The Morgan fingerprint density at radius 1 is 1.05 bits per heavy atom. The molecular formula is C16H18O4S. The molecule has 2 rings (SSSR count). The largest absolute Gasteiger partial charge is 0.419 e. The summed E-state index contributed by atoms with van der Waals surface area (Å²) in [7, 11) is 0. The fourth-order valence-electron chi connectivity index (χ4n) is 1.82. The van der Waals surface area contributed by atoms with Crippen molar-refractivity contribution in [3.05, 3.63) is 40.8 Å². The Hall–Kier alpha value is -1.75. The second-order valence-corrected chi connectivity index (χ2v) is 6.49. The molecule has 0 bridgehead atoms. The molecule has 0 aliphatic carbocycles. The molecule has 112 valence electrons. The molecule has 5 heteroatoms. The lowest BCUT2D eigenvalue weighted by molar-refractivity contribution is -0.222. The van der Waals surface area contributed by atoms with Gasteiger partial charge in [-0.3, -0.25) is 0 Å². The molecule has 0 amide bonds. The van der Waals surface area contributed by atoms with Crippen LogP contribution in [0.1, 0.15) is 39.2 Å². The topological polar surface area (TPSA) is 52.6 Å². The first-order valence-corrected chi connectivity index (χ1v) is 7.60. The molecular weight excluding hydrogens is 288 g/mol. The van der Waals surface area contributed by atoms with E-state index in [2.05, 4.69) is 13.8 Å².